The predicted molar refractivity (Wildman–Crippen MR) is 76.1 cm³/mol. The fourth-order valence-electron chi connectivity index (χ4n) is 1.75. The third kappa shape index (κ3) is 4.09. The molecule has 1 aliphatic carbocycles. The second kappa shape index (κ2) is 6.43. The second-order valence-electron chi connectivity index (χ2n) is 4.82. The smallest absolute Gasteiger partial charge is 0.240 e. The lowest BCUT2D eigenvalue weighted by Crippen LogP contribution is -2.27. The van der Waals surface area contributed by atoms with Gasteiger partial charge in [0.25, 0.3) is 0 Å². The Balaban J connectivity index is 1.86. The second-order valence-corrected chi connectivity index (χ2v) is 6.59. The van der Waals surface area contributed by atoms with Crippen LogP contribution in [0.5, 0.6) is 5.75 Å². The Hall–Kier alpha value is -1.31. The molecule has 3 N–H and O–H groups in total. The van der Waals surface area contributed by atoms with Crippen molar-refractivity contribution in [1.82, 2.24) is 4.72 Å². The van der Waals surface area contributed by atoms with E-state index in [1.807, 2.05) is 0 Å². The minimum Gasteiger partial charge on any atom is -0.495 e. The zero-order valence-electron chi connectivity index (χ0n) is 11.5. The van der Waals surface area contributed by atoms with Crippen molar-refractivity contribution in [2.24, 2.45) is 5.92 Å². The van der Waals surface area contributed by atoms with Gasteiger partial charge in [0.1, 0.15) is 5.75 Å². The number of hydrogen-bond donors (Lipinski definition) is 2. The van der Waals surface area contributed by atoms with E-state index in [2.05, 4.69) is 4.72 Å². The molecule has 0 aromatic heterocycles. The standard InChI is InChI=1S/C13H20N2O4S/c1-18-13-5-4-11(8-12(13)14)20(16,17)15-6-7-19-9-10-2-3-10/h4-5,8,10,15H,2-3,6-7,9,14H2,1H3. The Morgan fingerprint density at radius 2 is 2.15 bits per heavy atom. The van der Waals surface area contributed by atoms with Gasteiger partial charge in [-0.3, -0.25) is 0 Å². The van der Waals surface area contributed by atoms with E-state index < -0.39 is 10.0 Å². The molecule has 0 amide bonds. The number of sulfonamides is 1. The van der Waals surface area contributed by atoms with Gasteiger partial charge in [-0.25, -0.2) is 13.1 Å². The molecular weight excluding hydrogens is 280 g/mol. The van der Waals surface area contributed by atoms with Crippen molar-refractivity contribution in [2.45, 2.75) is 17.7 Å². The molecule has 6 nitrogen and oxygen atoms in total. The average Bonchev–Trinajstić information content (AvgIpc) is 3.22. The number of nitrogen functional groups attached to an aromatic ring is 1. The van der Waals surface area contributed by atoms with Gasteiger partial charge < -0.3 is 15.2 Å². The highest BCUT2D eigenvalue weighted by Gasteiger charge is 2.21. The maximum Gasteiger partial charge on any atom is 0.240 e. The Kier molecular flexibility index (Phi) is 4.85. The Morgan fingerprint density at radius 3 is 2.75 bits per heavy atom. The zero-order chi connectivity index (χ0) is 14.6. The Labute approximate surface area is 119 Å². The van der Waals surface area contributed by atoms with Gasteiger partial charge >= 0.3 is 0 Å². The van der Waals surface area contributed by atoms with Crippen LogP contribution in [-0.2, 0) is 14.8 Å². The summed E-state index contributed by atoms with van der Waals surface area (Å²) in [6.45, 7) is 1.35. The number of hydrogen-bond acceptors (Lipinski definition) is 5. The van der Waals surface area contributed by atoms with E-state index in [0.29, 0.717) is 24.0 Å². The van der Waals surface area contributed by atoms with Crippen molar-refractivity contribution in [3.05, 3.63) is 18.2 Å². The van der Waals surface area contributed by atoms with Crippen LogP contribution in [0.1, 0.15) is 12.8 Å². The highest BCUT2D eigenvalue weighted by atomic mass is 32.2. The van der Waals surface area contributed by atoms with Crippen LogP contribution in [-0.4, -0.2) is 35.3 Å². The van der Waals surface area contributed by atoms with Crippen molar-refractivity contribution in [1.29, 1.82) is 0 Å². The third-order valence-electron chi connectivity index (χ3n) is 3.10. The van der Waals surface area contributed by atoms with Crippen LogP contribution in [0.2, 0.25) is 0 Å². The molecule has 0 radical (unpaired) electrons. The molecule has 0 atom stereocenters. The molecular formula is C13H20N2O4S. The fraction of sp³-hybridized carbons (Fsp3) is 0.538. The van der Waals surface area contributed by atoms with E-state index in [1.165, 1.54) is 38.2 Å². The molecule has 112 valence electrons. The molecule has 20 heavy (non-hydrogen) atoms. The Morgan fingerprint density at radius 1 is 1.40 bits per heavy atom. The molecule has 1 aromatic carbocycles. The Bertz CT molecular complexity index is 555. The van der Waals surface area contributed by atoms with Crippen LogP contribution in [0.4, 0.5) is 5.69 Å². The number of benzene rings is 1. The summed E-state index contributed by atoms with van der Waals surface area (Å²) in [5.74, 6) is 1.13. The van der Waals surface area contributed by atoms with Crippen LogP contribution in [0, 0.1) is 5.92 Å². The van der Waals surface area contributed by atoms with E-state index in [4.69, 9.17) is 15.2 Å². The highest BCUT2D eigenvalue weighted by molar-refractivity contribution is 7.89. The van der Waals surface area contributed by atoms with Crippen LogP contribution < -0.4 is 15.2 Å². The molecule has 0 unspecified atom stereocenters. The quantitative estimate of drug-likeness (QED) is 0.552. The van der Waals surface area contributed by atoms with Crippen molar-refractivity contribution >= 4 is 15.7 Å². The van der Waals surface area contributed by atoms with E-state index in [9.17, 15) is 8.42 Å². The number of anilines is 1. The lowest BCUT2D eigenvalue weighted by molar-refractivity contribution is 0.129. The molecule has 2 rings (SSSR count). The van der Waals surface area contributed by atoms with Crippen LogP contribution in [0.3, 0.4) is 0 Å². The molecule has 0 heterocycles. The van der Waals surface area contributed by atoms with Gasteiger partial charge in [0.2, 0.25) is 10.0 Å². The molecule has 0 spiro atoms. The van der Waals surface area contributed by atoms with Gasteiger partial charge in [0.15, 0.2) is 0 Å². The lowest BCUT2D eigenvalue weighted by Gasteiger charge is -2.09. The van der Waals surface area contributed by atoms with Gasteiger partial charge in [-0.1, -0.05) is 0 Å². The van der Waals surface area contributed by atoms with Crippen LogP contribution >= 0.6 is 0 Å². The minimum absolute atomic E-state index is 0.123. The number of ether oxygens (including phenoxy) is 2. The molecule has 0 saturated heterocycles. The van der Waals surface area contributed by atoms with Crippen molar-refractivity contribution in [2.75, 3.05) is 32.6 Å². The summed E-state index contributed by atoms with van der Waals surface area (Å²) in [5, 5.41) is 0. The first-order valence-electron chi connectivity index (χ1n) is 6.54. The SMILES string of the molecule is COc1ccc(S(=O)(=O)NCCOCC2CC2)cc1N. The largest absolute Gasteiger partial charge is 0.495 e. The van der Waals surface area contributed by atoms with Crippen LogP contribution in [0.25, 0.3) is 0 Å². The highest BCUT2D eigenvalue weighted by Crippen LogP contribution is 2.28. The summed E-state index contributed by atoms with van der Waals surface area (Å²) >= 11 is 0. The summed E-state index contributed by atoms with van der Waals surface area (Å²) in [7, 11) is -2.08. The van der Waals surface area contributed by atoms with E-state index in [-0.39, 0.29) is 11.4 Å². The first kappa shape index (κ1) is 15.1. The summed E-state index contributed by atoms with van der Waals surface area (Å²) in [5.41, 5.74) is 6.00. The lowest BCUT2D eigenvalue weighted by atomic mass is 10.3. The van der Waals surface area contributed by atoms with Gasteiger partial charge in [-0.05, 0) is 37.0 Å². The number of methoxy groups -OCH3 is 1. The van der Waals surface area contributed by atoms with E-state index in [0.717, 1.165) is 6.61 Å². The summed E-state index contributed by atoms with van der Waals surface area (Å²) in [6.07, 6.45) is 2.44. The van der Waals surface area contributed by atoms with E-state index >= 15 is 0 Å². The maximum absolute atomic E-state index is 12.0. The molecule has 1 aliphatic rings. The van der Waals surface area contributed by atoms with Gasteiger partial charge in [0, 0.05) is 13.2 Å². The zero-order valence-corrected chi connectivity index (χ0v) is 12.3. The first-order valence-corrected chi connectivity index (χ1v) is 8.02. The maximum atomic E-state index is 12.0. The first-order chi connectivity index (χ1) is 9.53. The van der Waals surface area contributed by atoms with Crippen molar-refractivity contribution in [3.63, 3.8) is 0 Å². The topological polar surface area (TPSA) is 90.7 Å². The minimum atomic E-state index is -3.56. The van der Waals surface area contributed by atoms with Gasteiger partial charge in [-0.15, -0.1) is 0 Å². The predicted octanol–water partition coefficient (Wildman–Crippen LogP) is 0.982. The molecule has 1 saturated carbocycles. The molecule has 0 bridgehead atoms. The van der Waals surface area contributed by atoms with E-state index in [1.54, 1.807) is 0 Å². The number of rotatable bonds is 8. The monoisotopic (exact) mass is 300 g/mol. The summed E-state index contributed by atoms with van der Waals surface area (Å²) in [6, 6.07) is 4.38. The van der Waals surface area contributed by atoms with Crippen molar-refractivity contribution in [3.8, 4) is 5.75 Å². The van der Waals surface area contributed by atoms with Crippen LogP contribution in [0.15, 0.2) is 23.1 Å². The van der Waals surface area contributed by atoms with Gasteiger partial charge in [0.05, 0.1) is 24.3 Å². The molecule has 0 aliphatic heterocycles. The molecule has 7 heteroatoms. The summed E-state index contributed by atoms with van der Waals surface area (Å²) < 4.78 is 36.9. The van der Waals surface area contributed by atoms with Gasteiger partial charge in [-0.2, -0.15) is 0 Å². The number of nitrogens with two attached hydrogens (primary N) is 1. The molecule has 1 fully saturated rings. The fourth-order valence-corrected chi connectivity index (χ4v) is 2.79. The third-order valence-corrected chi connectivity index (χ3v) is 4.56. The normalized spacial score (nSPS) is 15.2. The average molecular weight is 300 g/mol. The summed E-state index contributed by atoms with van der Waals surface area (Å²) in [4.78, 5) is 0.123. The molecule has 1 aromatic rings. The van der Waals surface area contributed by atoms with Crippen molar-refractivity contribution < 1.29 is 17.9 Å². The number of nitrogens with one attached hydrogen (secondary N) is 1.